The molecule has 0 aromatic carbocycles. The summed E-state index contributed by atoms with van der Waals surface area (Å²) in [7, 11) is 0. The Morgan fingerprint density at radius 3 is 2.86 bits per heavy atom. The molecule has 1 fully saturated rings. The molecular weight excluding hydrogens is 274 g/mol. The van der Waals surface area contributed by atoms with Gasteiger partial charge in [-0.1, -0.05) is 0 Å². The minimum Gasteiger partial charge on any atom is -0.481 e. The quantitative estimate of drug-likeness (QED) is 0.882. The molecule has 1 aromatic heterocycles. The van der Waals surface area contributed by atoms with E-state index in [4.69, 9.17) is 9.84 Å². The third-order valence-electron chi connectivity index (χ3n) is 3.39. The highest BCUT2D eigenvalue weighted by Gasteiger charge is 2.26. The molecule has 116 valence electrons. The Kier molecular flexibility index (Phi) is 4.32. The van der Waals surface area contributed by atoms with Crippen LogP contribution < -0.4 is 10.5 Å². The van der Waals surface area contributed by atoms with Gasteiger partial charge in [0.1, 0.15) is 0 Å². The maximum absolute atomic E-state index is 12.5. The summed E-state index contributed by atoms with van der Waals surface area (Å²) in [6.45, 7) is 7.14. The summed E-state index contributed by atoms with van der Waals surface area (Å²) in [5.74, 6) is -0.555. The van der Waals surface area contributed by atoms with Gasteiger partial charge in [0.25, 0.3) is 5.56 Å². The van der Waals surface area contributed by atoms with Crippen molar-refractivity contribution in [2.45, 2.75) is 38.8 Å². The number of anilines is 1. The molecule has 0 amide bonds. The number of carboxylic acid groups (broad SMARTS) is 1. The Morgan fingerprint density at radius 1 is 1.52 bits per heavy atom. The third-order valence-corrected chi connectivity index (χ3v) is 3.39. The van der Waals surface area contributed by atoms with Gasteiger partial charge in [-0.3, -0.25) is 9.59 Å². The molecule has 0 radical (unpaired) electrons. The highest BCUT2D eigenvalue weighted by atomic mass is 16.5. The van der Waals surface area contributed by atoms with E-state index in [9.17, 15) is 9.59 Å². The summed E-state index contributed by atoms with van der Waals surface area (Å²) in [5.41, 5.74) is -0.498. The lowest BCUT2D eigenvalue weighted by Crippen LogP contribution is -2.47. The zero-order chi connectivity index (χ0) is 15.6. The lowest BCUT2D eigenvalue weighted by Gasteiger charge is -2.33. The lowest BCUT2D eigenvalue weighted by molar-refractivity contribution is -0.140. The van der Waals surface area contributed by atoms with Gasteiger partial charge in [0.05, 0.1) is 19.1 Å². The van der Waals surface area contributed by atoms with Crippen LogP contribution in [-0.2, 0) is 15.1 Å². The molecule has 21 heavy (non-hydrogen) atoms. The SMILES string of the molecule is CC(C)(C)n1ccnc(N2CCOC(CC(=O)O)C2)c1=O. The molecule has 7 nitrogen and oxygen atoms in total. The Labute approximate surface area is 123 Å². The average molecular weight is 295 g/mol. The van der Waals surface area contributed by atoms with Crippen molar-refractivity contribution in [2.24, 2.45) is 0 Å². The highest BCUT2D eigenvalue weighted by molar-refractivity contribution is 5.67. The first-order valence-electron chi connectivity index (χ1n) is 6.95. The summed E-state index contributed by atoms with van der Waals surface area (Å²) in [6, 6.07) is 0. The van der Waals surface area contributed by atoms with Crippen LogP contribution in [0.2, 0.25) is 0 Å². The summed E-state index contributed by atoms with van der Waals surface area (Å²) in [6.07, 6.45) is 2.78. The van der Waals surface area contributed by atoms with Gasteiger partial charge in [-0.15, -0.1) is 0 Å². The second-order valence-corrected chi connectivity index (χ2v) is 6.13. The molecule has 1 aliphatic heterocycles. The number of hydrogen-bond donors (Lipinski definition) is 1. The van der Waals surface area contributed by atoms with Crippen molar-refractivity contribution in [3.05, 3.63) is 22.7 Å². The zero-order valence-corrected chi connectivity index (χ0v) is 12.6. The van der Waals surface area contributed by atoms with Crippen LogP contribution in [0.3, 0.4) is 0 Å². The van der Waals surface area contributed by atoms with Crippen LogP contribution >= 0.6 is 0 Å². The standard InChI is InChI=1S/C14H21N3O4/c1-14(2,3)17-5-4-15-12(13(17)20)16-6-7-21-10(9-16)8-11(18)19/h4-5,10H,6-9H2,1-3H3,(H,18,19). The molecule has 1 saturated heterocycles. The first-order valence-corrected chi connectivity index (χ1v) is 6.95. The van der Waals surface area contributed by atoms with Crippen LogP contribution in [0.4, 0.5) is 5.82 Å². The number of hydrogen-bond acceptors (Lipinski definition) is 5. The van der Waals surface area contributed by atoms with Crippen LogP contribution in [-0.4, -0.2) is 46.4 Å². The van der Waals surface area contributed by atoms with Gasteiger partial charge in [0.2, 0.25) is 0 Å². The Bertz CT molecular complexity index is 576. The Balaban J connectivity index is 2.26. The first kappa shape index (κ1) is 15.5. The van der Waals surface area contributed by atoms with E-state index in [2.05, 4.69) is 4.98 Å². The molecule has 1 unspecified atom stereocenters. The van der Waals surface area contributed by atoms with Crippen molar-refractivity contribution in [3.8, 4) is 0 Å². The van der Waals surface area contributed by atoms with Crippen molar-refractivity contribution < 1.29 is 14.6 Å². The minimum absolute atomic E-state index is 0.0726. The van der Waals surface area contributed by atoms with Crippen molar-refractivity contribution in [3.63, 3.8) is 0 Å². The molecule has 1 atom stereocenters. The second-order valence-electron chi connectivity index (χ2n) is 6.13. The van der Waals surface area contributed by atoms with Gasteiger partial charge >= 0.3 is 5.97 Å². The van der Waals surface area contributed by atoms with E-state index in [1.807, 2.05) is 25.7 Å². The maximum Gasteiger partial charge on any atom is 0.306 e. The first-order chi connectivity index (χ1) is 9.79. The van der Waals surface area contributed by atoms with E-state index >= 15 is 0 Å². The van der Waals surface area contributed by atoms with Gasteiger partial charge in [-0.2, -0.15) is 0 Å². The number of morpholine rings is 1. The van der Waals surface area contributed by atoms with Crippen molar-refractivity contribution in [1.29, 1.82) is 0 Å². The number of aliphatic carboxylic acids is 1. The molecule has 0 saturated carbocycles. The van der Waals surface area contributed by atoms with Crippen molar-refractivity contribution in [1.82, 2.24) is 9.55 Å². The largest absolute Gasteiger partial charge is 0.481 e. The van der Waals surface area contributed by atoms with E-state index in [1.54, 1.807) is 17.0 Å². The molecule has 0 aliphatic carbocycles. The van der Waals surface area contributed by atoms with Crippen LogP contribution in [0.5, 0.6) is 0 Å². The van der Waals surface area contributed by atoms with E-state index in [0.717, 1.165) is 0 Å². The molecule has 1 N–H and O–H groups in total. The van der Waals surface area contributed by atoms with E-state index in [-0.39, 0.29) is 17.5 Å². The topological polar surface area (TPSA) is 84.7 Å². The smallest absolute Gasteiger partial charge is 0.306 e. The number of nitrogens with zero attached hydrogens (tertiary/aromatic N) is 3. The van der Waals surface area contributed by atoms with Crippen LogP contribution in [0.25, 0.3) is 0 Å². The molecule has 0 spiro atoms. The van der Waals surface area contributed by atoms with Gasteiger partial charge in [0, 0.05) is 31.0 Å². The number of rotatable bonds is 3. The fourth-order valence-corrected chi connectivity index (χ4v) is 2.38. The molecule has 7 heteroatoms. The Hall–Kier alpha value is -1.89. The molecular formula is C14H21N3O4. The van der Waals surface area contributed by atoms with Gasteiger partial charge in [-0.25, -0.2) is 4.98 Å². The summed E-state index contributed by atoms with van der Waals surface area (Å²) < 4.78 is 7.05. The summed E-state index contributed by atoms with van der Waals surface area (Å²) in [5, 5.41) is 8.85. The third kappa shape index (κ3) is 3.60. The number of ether oxygens (including phenoxy) is 1. The van der Waals surface area contributed by atoms with Gasteiger partial charge in [-0.05, 0) is 20.8 Å². The predicted octanol–water partition coefficient (Wildman–Crippen LogP) is 0.678. The molecule has 1 aliphatic rings. The zero-order valence-electron chi connectivity index (χ0n) is 12.6. The van der Waals surface area contributed by atoms with Gasteiger partial charge < -0.3 is 19.3 Å². The fraction of sp³-hybridized carbons (Fsp3) is 0.643. The second kappa shape index (κ2) is 5.85. The molecule has 0 bridgehead atoms. The molecule has 1 aromatic rings. The highest BCUT2D eigenvalue weighted by Crippen LogP contribution is 2.16. The maximum atomic E-state index is 12.5. The van der Waals surface area contributed by atoms with Crippen LogP contribution in [0.15, 0.2) is 17.2 Å². The number of carbonyl (C=O) groups is 1. The van der Waals surface area contributed by atoms with E-state index in [0.29, 0.717) is 25.5 Å². The van der Waals surface area contributed by atoms with E-state index in [1.165, 1.54) is 0 Å². The Morgan fingerprint density at radius 2 is 2.24 bits per heavy atom. The number of aromatic nitrogens is 2. The van der Waals surface area contributed by atoms with Gasteiger partial charge in [0.15, 0.2) is 5.82 Å². The molecule has 2 rings (SSSR count). The fourth-order valence-electron chi connectivity index (χ4n) is 2.38. The normalized spacial score (nSPS) is 19.6. The minimum atomic E-state index is -0.907. The monoisotopic (exact) mass is 295 g/mol. The van der Waals surface area contributed by atoms with Crippen molar-refractivity contribution >= 4 is 11.8 Å². The lowest BCUT2D eigenvalue weighted by atomic mass is 10.1. The summed E-state index contributed by atoms with van der Waals surface area (Å²) >= 11 is 0. The van der Waals surface area contributed by atoms with Crippen molar-refractivity contribution in [2.75, 3.05) is 24.6 Å². The van der Waals surface area contributed by atoms with Crippen LogP contribution in [0.1, 0.15) is 27.2 Å². The summed E-state index contributed by atoms with van der Waals surface area (Å²) in [4.78, 5) is 29.3. The number of carboxylic acids is 1. The predicted molar refractivity (Wildman–Crippen MR) is 77.7 cm³/mol. The van der Waals surface area contributed by atoms with Crippen LogP contribution in [0, 0.1) is 0 Å². The average Bonchev–Trinajstić information content (AvgIpc) is 2.37. The van der Waals surface area contributed by atoms with E-state index < -0.39 is 12.1 Å². The molecule has 2 heterocycles.